The van der Waals surface area contributed by atoms with Crippen LogP contribution in [0, 0.1) is 18.6 Å². The van der Waals surface area contributed by atoms with E-state index in [9.17, 15) is 17.6 Å². The first-order chi connectivity index (χ1) is 19.0. The number of aliphatic imine (C=N–C) groups is 1. The van der Waals surface area contributed by atoms with Crippen LogP contribution in [0.1, 0.15) is 23.4 Å². The molecular formula is C27H32F4N6O2Si. The molecular weight excluding hydrogens is 544 g/mol. The number of halogens is 4. The van der Waals surface area contributed by atoms with E-state index in [1.807, 2.05) is 4.90 Å². The minimum absolute atomic E-state index is 0.0538. The van der Waals surface area contributed by atoms with Crippen LogP contribution in [-0.4, -0.2) is 61.6 Å². The van der Waals surface area contributed by atoms with Gasteiger partial charge in [-0.2, -0.15) is 5.10 Å². The first-order valence-electron chi connectivity index (χ1n) is 13.1. The van der Waals surface area contributed by atoms with E-state index >= 15 is 0 Å². The lowest BCUT2D eigenvalue weighted by Crippen LogP contribution is -2.37. The van der Waals surface area contributed by atoms with Crippen LogP contribution in [0.25, 0.3) is 11.3 Å². The number of amidine groups is 1. The number of pyridine rings is 1. The van der Waals surface area contributed by atoms with Gasteiger partial charge in [-0.05, 0) is 31.2 Å². The predicted molar refractivity (Wildman–Crippen MR) is 148 cm³/mol. The number of nitrogens with zero attached hydrogens (tertiary/aromatic N) is 5. The smallest absolute Gasteiger partial charge is 0.282 e. The maximum atomic E-state index is 14.9. The number of anilines is 2. The van der Waals surface area contributed by atoms with Crippen molar-refractivity contribution in [2.24, 2.45) is 4.99 Å². The minimum atomic E-state index is -2.99. The highest BCUT2D eigenvalue weighted by molar-refractivity contribution is 6.76. The normalized spacial score (nSPS) is 15.4. The largest absolute Gasteiger partial charge is 0.378 e. The van der Waals surface area contributed by atoms with Gasteiger partial charge in [-0.3, -0.25) is 0 Å². The van der Waals surface area contributed by atoms with Gasteiger partial charge in [0.2, 0.25) is 0 Å². The highest BCUT2D eigenvalue weighted by atomic mass is 28.3. The van der Waals surface area contributed by atoms with Crippen LogP contribution in [-0.2, 0) is 16.2 Å². The molecule has 0 bridgehead atoms. The number of ether oxygens (including phenoxy) is 2. The second kappa shape index (κ2) is 11.3. The number of hydrogen-bond acceptors (Lipinski definition) is 7. The van der Waals surface area contributed by atoms with E-state index in [1.54, 1.807) is 17.7 Å². The molecule has 2 aliphatic rings. The Hall–Kier alpha value is -3.29. The molecule has 0 atom stereocenters. The van der Waals surface area contributed by atoms with Gasteiger partial charge in [0.05, 0.1) is 35.9 Å². The molecule has 0 aliphatic carbocycles. The zero-order valence-electron chi connectivity index (χ0n) is 22.9. The standard InChI is InChI=1S/C27H32F4N6O2Si/c1-16-22-25(37(35-16)15-39-12-13-40(2,3)4)17-14-20(36-8-10-38-11-9-36)32-24(26(30)31)23(17)34-27(33-22)21-18(28)6-5-7-19(21)29/h5-7,14,26H,8-13,15H2,1-4H3,(H,33,34). The van der Waals surface area contributed by atoms with Crippen LogP contribution < -0.4 is 10.2 Å². The molecule has 2 aliphatic heterocycles. The van der Waals surface area contributed by atoms with Crippen molar-refractivity contribution in [1.29, 1.82) is 0 Å². The predicted octanol–water partition coefficient (Wildman–Crippen LogP) is 6.12. The minimum Gasteiger partial charge on any atom is -0.378 e. The Bertz CT molecular complexity index is 1410. The molecule has 4 heterocycles. The summed E-state index contributed by atoms with van der Waals surface area (Å²) in [7, 11) is -1.35. The third kappa shape index (κ3) is 5.76. The van der Waals surface area contributed by atoms with Crippen LogP contribution >= 0.6 is 0 Å². The van der Waals surface area contributed by atoms with Crippen molar-refractivity contribution in [3.63, 3.8) is 0 Å². The summed E-state index contributed by atoms with van der Waals surface area (Å²) in [5.41, 5.74) is 0.396. The second-order valence-electron chi connectivity index (χ2n) is 11.0. The van der Waals surface area contributed by atoms with E-state index in [1.165, 1.54) is 6.07 Å². The zero-order valence-corrected chi connectivity index (χ0v) is 23.9. The number of aryl methyl sites for hydroxylation is 1. The number of nitrogens with one attached hydrogen (secondary N) is 1. The average Bonchev–Trinajstić information content (AvgIpc) is 3.09. The van der Waals surface area contributed by atoms with Gasteiger partial charge in [0, 0.05) is 33.3 Å². The second-order valence-corrected chi connectivity index (χ2v) is 16.6. The summed E-state index contributed by atoms with van der Waals surface area (Å²) < 4.78 is 72.0. The van der Waals surface area contributed by atoms with E-state index in [4.69, 9.17) is 9.47 Å². The maximum Gasteiger partial charge on any atom is 0.282 e. The Balaban J connectivity index is 1.70. The number of benzene rings is 1. The first-order valence-corrected chi connectivity index (χ1v) is 16.9. The van der Waals surface area contributed by atoms with Crippen LogP contribution in [0.3, 0.4) is 0 Å². The summed E-state index contributed by atoms with van der Waals surface area (Å²) in [5, 5.41) is 7.42. The lowest BCUT2D eigenvalue weighted by molar-refractivity contribution is 0.0796. The molecule has 3 aromatic rings. The molecule has 40 heavy (non-hydrogen) atoms. The van der Waals surface area contributed by atoms with Gasteiger partial charge in [-0.1, -0.05) is 25.7 Å². The van der Waals surface area contributed by atoms with Crippen molar-refractivity contribution in [1.82, 2.24) is 14.8 Å². The summed E-state index contributed by atoms with van der Waals surface area (Å²) in [6.07, 6.45) is -2.99. The average molecular weight is 577 g/mol. The maximum absolute atomic E-state index is 14.9. The molecule has 13 heteroatoms. The van der Waals surface area contributed by atoms with Crippen molar-refractivity contribution in [2.75, 3.05) is 43.1 Å². The van der Waals surface area contributed by atoms with Crippen LogP contribution in [0.15, 0.2) is 29.3 Å². The van der Waals surface area contributed by atoms with Crippen molar-refractivity contribution in [3.05, 3.63) is 52.9 Å². The van der Waals surface area contributed by atoms with Crippen molar-refractivity contribution in [3.8, 4) is 11.3 Å². The van der Waals surface area contributed by atoms with Crippen molar-refractivity contribution >= 4 is 31.1 Å². The number of aromatic nitrogens is 3. The van der Waals surface area contributed by atoms with Gasteiger partial charge in [0.15, 0.2) is 0 Å². The third-order valence-electron chi connectivity index (χ3n) is 6.80. The number of fused-ring (bicyclic) bond motifs is 3. The summed E-state index contributed by atoms with van der Waals surface area (Å²) in [5.74, 6) is -1.67. The van der Waals surface area contributed by atoms with Gasteiger partial charge in [-0.25, -0.2) is 32.2 Å². The Kier molecular flexibility index (Phi) is 7.98. The third-order valence-corrected chi connectivity index (χ3v) is 8.51. The monoisotopic (exact) mass is 576 g/mol. The Labute approximate surface area is 231 Å². The lowest BCUT2D eigenvalue weighted by atomic mass is 10.1. The van der Waals surface area contributed by atoms with Crippen molar-refractivity contribution < 1.29 is 27.0 Å². The van der Waals surface area contributed by atoms with E-state index in [-0.39, 0.29) is 18.3 Å². The van der Waals surface area contributed by atoms with Gasteiger partial charge in [-0.15, -0.1) is 0 Å². The molecule has 214 valence electrons. The SMILES string of the molecule is Cc1nn(COCC[Si](C)(C)C)c2c1N=C(c1c(F)cccc1F)Nc1c-2cc(N2CCOCC2)nc1C(F)F. The fraction of sp³-hybridized carbons (Fsp3) is 0.444. The number of rotatable bonds is 8. The summed E-state index contributed by atoms with van der Waals surface area (Å²) in [4.78, 5) is 10.7. The molecule has 1 saturated heterocycles. The molecule has 0 unspecified atom stereocenters. The van der Waals surface area contributed by atoms with E-state index in [0.717, 1.165) is 18.2 Å². The number of morpholine rings is 1. The Morgan fingerprint density at radius 3 is 2.48 bits per heavy atom. The molecule has 0 amide bonds. The molecule has 8 nitrogen and oxygen atoms in total. The molecule has 0 radical (unpaired) electrons. The van der Waals surface area contributed by atoms with Crippen molar-refractivity contribution in [2.45, 2.75) is 45.8 Å². The highest BCUT2D eigenvalue weighted by Gasteiger charge is 2.32. The Morgan fingerprint density at radius 2 is 1.82 bits per heavy atom. The molecule has 5 rings (SSSR count). The number of hydrogen-bond donors (Lipinski definition) is 1. The van der Waals surface area contributed by atoms with E-state index < -0.39 is 37.4 Å². The van der Waals surface area contributed by atoms with E-state index in [0.29, 0.717) is 61.4 Å². The van der Waals surface area contributed by atoms with Crippen LogP contribution in [0.4, 0.5) is 34.8 Å². The highest BCUT2D eigenvalue weighted by Crippen LogP contribution is 2.45. The Morgan fingerprint density at radius 1 is 1.12 bits per heavy atom. The topological polar surface area (TPSA) is 76.8 Å². The summed E-state index contributed by atoms with van der Waals surface area (Å²) in [6, 6.07) is 6.03. The van der Waals surface area contributed by atoms with Gasteiger partial charge >= 0.3 is 0 Å². The molecule has 0 saturated carbocycles. The molecule has 1 aromatic carbocycles. The van der Waals surface area contributed by atoms with Crippen LogP contribution in [0.2, 0.25) is 25.7 Å². The quantitative estimate of drug-likeness (QED) is 0.198. The molecule has 1 fully saturated rings. The fourth-order valence-electron chi connectivity index (χ4n) is 4.68. The first kappa shape index (κ1) is 28.2. The fourth-order valence-corrected chi connectivity index (χ4v) is 5.43. The zero-order chi connectivity index (χ0) is 28.6. The van der Waals surface area contributed by atoms with Gasteiger partial charge in [0.25, 0.3) is 6.43 Å². The molecule has 2 aromatic heterocycles. The molecule has 0 spiro atoms. The number of alkyl halides is 2. The van der Waals surface area contributed by atoms with Gasteiger partial charge in [0.1, 0.15) is 41.4 Å². The molecule has 1 N–H and O–H groups in total. The van der Waals surface area contributed by atoms with Crippen LogP contribution in [0.5, 0.6) is 0 Å². The summed E-state index contributed by atoms with van der Waals surface area (Å²) >= 11 is 0. The van der Waals surface area contributed by atoms with E-state index in [2.05, 4.69) is 40.0 Å². The lowest BCUT2D eigenvalue weighted by Gasteiger charge is -2.29. The summed E-state index contributed by atoms with van der Waals surface area (Å²) in [6.45, 7) is 10.8. The van der Waals surface area contributed by atoms with Gasteiger partial charge < -0.3 is 19.7 Å².